The standard InChI is InChI=1S/C18H18ClN5O3S/c1-12-10-21-11-22-24(12)16-7-6-14(9-17(16)28(20,26)27)23-18(25)8-13-4-2-3-5-15(13)19/h2-7,9-12H,8H2,1H3,(H,23,25)(H2,20,26,27)/t12-/m1/s1. The monoisotopic (exact) mass is 419 g/mol. The molecule has 3 N–H and O–H groups in total. The number of hydrogen-bond acceptors (Lipinski definition) is 6. The van der Waals surface area contributed by atoms with Crippen LogP contribution in [-0.4, -0.2) is 32.9 Å². The van der Waals surface area contributed by atoms with E-state index in [1.54, 1.807) is 36.5 Å². The molecule has 1 amide bonds. The fourth-order valence-electron chi connectivity index (χ4n) is 2.73. The first-order valence-corrected chi connectivity index (χ1v) is 10.2. The molecule has 10 heteroatoms. The molecule has 0 unspecified atom stereocenters. The molecule has 28 heavy (non-hydrogen) atoms. The molecule has 0 saturated heterocycles. The molecule has 0 spiro atoms. The van der Waals surface area contributed by atoms with Crippen molar-refractivity contribution in [3.05, 3.63) is 53.1 Å². The largest absolute Gasteiger partial charge is 0.326 e. The molecule has 2 aromatic rings. The number of primary sulfonamides is 1. The quantitative estimate of drug-likeness (QED) is 0.773. The second kappa shape index (κ2) is 8.09. The SMILES string of the molecule is C[C@@H]1C=NC=NN1c1ccc(NC(=O)Cc2ccccc2Cl)cc1S(N)(=O)=O. The number of hydrazone groups is 1. The Labute approximate surface area is 167 Å². The van der Waals surface area contributed by atoms with Crippen LogP contribution in [0.25, 0.3) is 0 Å². The lowest BCUT2D eigenvalue weighted by molar-refractivity contribution is -0.115. The lowest BCUT2D eigenvalue weighted by atomic mass is 10.1. The highest BCUT2D eigenvalue weighted by molar-refractivity contribution is 7.89. The van der Waals surface area contributed by atoms with Gasteiger partial charge in [-0.15, -0.1) is 0 Å². The summed E-state index contributed by atoms with van der Waals surface area (Å²) in [6.45, 7) is 1.81. The van der Waals surface area contributed by atoms with Crippen molar-refractivity contribution < 1.29 is 13.2 Å². The van der Waals surface area contributed by atoms with Crippen molar-refractivity contribution in [1.82, 2.24) is 0 Å². The maximum absolute atomic E-state index is 12.3. The molecule has 0 fully saturated rings. The summed E-state index contributed by atoms with van der Waals surface area (Å²) in [4.78, 5) is 16.1. The summed E-state index contributed by atoms with van der Waals surface area (Å²) in [5, 5.41) is 14.1. The summed E-state index contributed by atoms with van der Waals surface area (Å²) in [6.07, 6.45) is 2.99. The Balaban J connectivity index is 1.87. The van der Waals surface area contributed by atoms with Crippen LogP contribution in [-0.2, 0) is 21.2 Å². The zero-order valence-corrected chi connectivity index (χ0v) is 16.5. The van der Waals surface area contributed by atoms with E-state index in [-0.39, 0.29) is 23.3 Å². The molecular formula is C18H18ClN5O3S. The van der Waals surface area contributed by atoms with Crippen LogP contribution >= 0.6 is 11.6 Å². The van der Waals surface area contributed by atoms with Crippen LogP contribution in [0.5, 0.6) is 0 Å². The molecule has 0 radical (unpaired) electrons. The number of anilines is 2. The van der Waals surface area contributed by atoms with Crippen molar-refractivity contribution in [2.24, 2.45) is 15.2 Å². The van der Waals surface area contributed by atoms with Crippen molar-refractivity contribution in [3.8, 4) is 0 Å². The minimum absolute atomic E-state index is 0.0516. The van der Waals surface area contributed by atoms with E-state index < -0.39 is 10.0 Å². The lowest BCUT2D eigenvalue weighted by Crippen LogP contribution is -2.33. The Morgan fingerprint density at radius 1 is 1.29 bits per heavy atom. The van der Waals surface area contributed by atoms with Crippen LogP contribution in [0.15, 0.2) is 57.5 Å². The van der Waals surface area contributed by atoms with Crippen LogP contribution < -0.4 is 15.5 Å². The molecule has 0 aliphatic carbocycles. The van der Waals surface area contributed by atoms with Gasteiger partial charge in [-0.1, -0.05) is 29.8 Å². The maximum atomic E-state index is 12.3. The van der Waals surface area contributed by atoms with Gasteiger partial charge in [-0.3, -0.25) is 9.80 Å². The molecule has 1 heterocycles. The molecule has 146 valence electrons. The molecule has 0 saturated carbocycles. The lowest BCUT2D eigenvalue weighted by Gasteiger charge is -2.26. The van der Waals surface area contributed by atoms with E-state index in [4.69, 9.17) is 16.7 Å². The highest BCUT2D eigenvalue weighted by Crippen LogP contribution is 2.30. The van der Waals surface area contributed by atoms with Gasteiger partial charge in [0, 0.05) is 16.9 Å². The number of carbonyl (C=O) groups excluding carboxylic acids is 1. The van der Waals surface area contributed by atoms with E-state index in [1.807, 2.05) is 6.92 Å². The normalized spacial score (nSPS) is 16.2. The first kappa shape index (κ1) is 20.0. The Morgan fingerprint density at radius 3 is 2.71 bits per heavy atom. The topological polar surface area (TPSA) is 117 Å². The van der Waals surface area contributed by atoms with Gasteiger partial charge in [0.1, 0.15) is 11.2 Å². The molecule has 0 aromatic heterocycles. The first-order chi connectivity index (χ1) is 13.3. The van der Waals surface area contributed by atoms with Gasteiger partial charge in [-0.05, 0) is 36.8 Å². The van der Waals surface area contributed by atoms with Crippen LogP contribution in [0, 0.1) is 0 Å². The molecule has 1 aliphatic rings. The van der Waals surface area contributed by atoms with Crippen molar-refractivity contribution in [3.63, 3.8) is 0 Å². The predicted octanol–water partition coefficient (Wildman–Crippen LogP) is 2.39. The van der Waals surface area contributed by atoms with Crippen LogP contribution in [0.1, 0.15) is 12.5 Å². The number of benzene rings is 2. The predicted molar refractivity (Wildman–Crippen MR) is 111 cm³/mol. The molecule has 3 rings (SSSR count). The van der Waals surface area contributed by atoms with Crippen LogP contribution in [0.2, 0.25) is 5.02 Å². The number of carbonyl (C=O) groups is 1. The second-order valence-electron chi connectivity index (χ2n) is 6.16. The Hall–Kier alpha value is -2.75. The minimum Gasteiger partial charge on any atom is -0.326 e. The van der Waals surface area contributed by atoms with Gasteiger partial charge in [-0.2, -0.15) is 5.10 Å². The fourth-order valence-corrected chi connectivity index (χ4v) is 3.67. The van der Waals surface area contributed by atoms with Crippen LogP contribution in [0.4, 0.5) is 11.4 Å². The summed E-state index contributed by atoms with van der Waals surface area (Å²) in [5.74, 6) is -0.335. The zero-order valence-electron chi connectivity index (χ0n) is 14.9. The zero-order chi connectivity index (χ0) is 20.3. The third-order valence-corrected chi connectivity index (χ3v) is 5.34. The van der Waals surface area contributed by atoms with E-state index in [1.165, 1.54) is 23.5 Å². The number of amides is 1. The van der Waals surface area contributed by atoms with E-state index in [0.29, 0.717) is 22.0 Å². The van der Waals surface area contributed by atoms with Crippen LogP contribution in [0.3, 0.4) is 0 Å². The Kier molecular flexibility index (Phi) is 5.78. The number of nitrogens with two attached hydrogens (primary N) is 1. The average molecular weight is 420 g/mol. The van der Waals surface area contributed by atoms with Gasteiger partial charge in [-0.25, -0.2) is 18.5 Å². The third kappa shape index (κ3) is 4.56. The summed E-state index contributed by atoms with van der Waals surface area (Å²) in [5.41, 5.74) is 1.26. The van der Waals surface area contributed by atoms with Gasteiger partial charge < -0.3 is 5.32 Å². The number of nitrogens with zero attached hydrogens (tertiary/aromatic N) is 3. The van der Waals surface area contributed by atoms with Gasteiger partial charge in [0.15, 0.2) is 0 Å². The minimum atomic E-state index is -4.06. The molecule has 1 atom stereocenters. The number of rotatable bonds is 5. The number of nitrogens with one attached hydrogen (secondary N) is 1. The van der Waals surface area contributed by atoms with E-state index in [2.05, 4.69) is 15.4 Å². The number of sulfonamides is 1. The van der Waals surface area contributed by atoms with Gasteiger partial charge in [0.25, 0.3) is 0 Å². The number of halogens is 1. The number of aliphatic imine (C=N–C) groups is 1. The van der Waals surface area contributed by atoms with E-state index in [0.717, 1.165) is 0 Å². The van der Waals surface area contributed by atoms with Crippen molar-refractivity contribution in [1.29, 1.82) is 0 Å². The highest BCUT2D eigenvalue weighted by atomic mass is 35.5. The maximum Gasteiger partial charge on any atom is 0.240 e. The molecule has 0 bridgehead atoms. The summed E-state index contributed by atoms with van der Waals surface area (Å²) in [7, 11) is -4.06. The second-order valence-corrected chi connectivity index (χ2v) is 8.10. The molecule has 8 nitrogen and oxygen atoms in total. The Morgan fingerprint density at radius 2 is 2.04 bits per heavy atom. The molecule has 2 aromatic carbocycles. The summed E-state index contributed by atoms with van der Waals surface area (Å²) >= 11 is 6.07. The van der Waals surface area contributed by atoms with E-state index >= 15 is 0 Å². The average Bonchev–Trinajstić information content (AvgIpc) is 2.63. The van der Waals surface area contributed by atoms with Crippen molar-refractivity contribution >= 4 is 51.5 Å². The fraction of sp³-hybridized carbons (Fsp3) is 0.167. The number of hydrogen-bond donors (Lipinski definition) is 2. The highest BCUT2D eigenvalue weighted by Gasteiger charge is 2.23. The smallest absolute Gasteiger partial charge is 0.240 e. The van der Waals surface area contributed by atoms with Gasteiger partial charge in [0.2, 0.25) is 15.9 Å². The summed E-state index contributed by atoms with van der Waals surface area (Å²) in [6, 6.07) is 11.2. The van der Waals surface area contributed by atoms with Crippen molar-refractivity contribution in [2.75, 3.05) is 10.3 Å². The van der Waals surface area contributed by atoms with Crippen molar-refractivity contribution in [2.45, 2.75) is 24.3 Å². The van der Waals surface area contributed by atoms with E-state index in [9.17, 15) is 13.2 Å². The Bertz CT molecular complexity index is 1070. The molecular weight excluding hydrogens is 402 g/mol. The molecule has 1 aliphatic heterocycles. The first-order valence-electron chi connectivity index (χ1n) is 8.31. The van der Waals surface area contributed by atoms with Gasteiger partial charge >= 0.3 is 0 Å². The third-order valence-electron chi connectivity index (χ3n) is 4.04. The van der Waals surface area contributed by atoms with Gasteiger partial charge in [0.05, 0.1) is 18.2 Å². The summed E-state index contributed by atoms with van der Waals surface area (Å²) < 4.78 is 24.2.